The molecule has 1 saturated heterocycles. The van der Waals surface area contributed by atoms with Crippen molar-refractivity contribution < 1.29 is 4.74 Å². The Labute approximate surface area is 127 Å². The number of fused-ring (bicyclic) bond motifs is 1. The van der Waals surface area contributed by atoms with Crippen LogP contribution in [0.2, 0.25) is 5.02 Å². The molecule has 1 fully saturated rings. The molecule has 2 aromatic heterocycles. The third-order valence-corrected chi connectivity index (χ3v) is 4.13. The Kier molecular flexibility index (Phi) is 3.13. The minimum absolute atomic E-state index is 0.302. The van der Waals surface area contributed by atoms with Crippen molar-refractivity contribution in [3.05, 3.63) is 47.7 Å². The summed E-state index contributed by atoms with van der Waals surface area (Å²) < 4.78 is 7.57. The molecule has 3 aromatic rings. The van der Waals surface area contributed by atoms with Gasteiger partial charge in [-0.3, -0.25) is 9.67 Å². The molecule has 0 N–H and O–H groups in total. The van der Waals surface area contributed by atoms with Crippen LogP contribution in [0, 0.1) is 0 Å². The molecule has 0 aliphatic carbocycles. The van der Waals surface area contributed by atoms with Gasteiger partial charge in [0.2, 0.25) is 0 Å². The summed E-state index contributed by atoms with van der Waals surface area (Å²) in [4.78, 5) is 4.25. The summed E-state index contributed by atoms with van der Waals surface area (Å²) in [5, 5.41) is 6.61. The number of rotatable bonds is 2. The van der Waals surface area contributed by atoms with E-state index in [-0.39, 0.29) is 0 Å². The molecule has 1 aromatic carbocycles. The first kappa shape index (κ1) is 12.8. The molecule has 0 spiro atoms. The average Bonchev–Trinajstić information content (AvgIpc) is 3.15. The van der Waals surface area contributed by atoms with E-state index >= 15 is 0 Å². The van der Waals surface area contributed by atoms with E-state index in [9.17, 15) is 0 Å². The van der Waals surface area contributed by atoms with Crippen molar-refractivity contribution in [1.29, 1.82) is 0 Å². The van der Waals surface area contributed by atoms with Gasteiger partial charge in [-0.2, -0.15) is 5.10 Å². The molecular weight excluding hydrogens is 286 g/mol. The number of pyridine rings is 1. The van der Waals surface area contributed by atoms with Crippen LogP contribution in [0.1, 0.15) is 12.5 Å². The minimum Gasteiger partial charge on any atom is -0.379 e. The molecular formula is C16H14ClN3O. The van der Waals surface area contributed by atoms with Crippen molar-refractivity contribution in [3.8, 4) is 11.3 Å². The third kappa shape index (κ3) is 2.20. The summed E-state index contributed by atoms with van der Waals surface area (Å²) in [6, 6.07) is 10.1. The first-order valence-electron chi connectivity index (χ1n) is 6.99. The third-order valence-electron chi connectivity index (χ3n) is 3.88. The maximum Gasteiger partial charge on any atom is 0.102 e. The smallest absolute Gasteiger partial charge is 0.102 e. The second-order valence-corrected chi connectivity index (χ2v) is 5.65. The van der Waals surface area contributed by atoms with Gasteiger partial charge in [-0.15, -0.1) is 0 Å². The largest absolute Gasteiger partial charge is 0.379 e. The van der Waals surface area contributed by atoms with Crippen LogP contribution in [0.5, 0.6) is 0 Å². The molecule has 21 heavy (non-hydrogen) atoms. The fourth-order valence-corrected chi connectivity index (χ4v) is 2.93. The van der Waals surface area contributed by atoms with Gasteiger partial charge >= 0.3 is 0 Å². The van der Waals surface area contributed by atoms with E-state index in [1.807, 2.05) is 42.7 Å². The number of benzene rings is 1. The van der Waals surface area contributed by atoms with Crippen LogP contribution in [-0.4, -0.2) is 28.0 Å². The first-order chi connectivity index (χ1) is 10.3. The van der Waals surface area contributed by atoms with Crippen LogP contribution in [-0.2, 0) is 4.74 Å². The summed E-state index contributed by atoms with van der Waals surface area (Å²) in [7, 11) is 0. The maximum absolute atomic E-state index is 5.97. The van der Waals surface area contributed by atoms with Crippen molar-refractivity contribution in [1.82, 2.24) is 14.8 Å². The lowest BCUT2D eigenvalue weighted by molar-refractivity contribution is 0.185. The Hall–Kier alpha value is -1.91. The predicted molar refractivity (Wildman–Crippen MR) is 82.4 cm³/mol. The van der Waals surface area contributed by atoms with E-state index in [1.165, 1.54) is 0 Å². The molecule has 0 radical (unpaired) electrons. The Balaban J connectivity index is 1.90. The van der Waals surface area contributed by atoms with Gasteiger partial charge in [-0.05, 0) is 24.6 Å². The SMILES string of the molecule is Clc1ccc(-c2nn([C@@H]3CCOC3)c3ccncc23)cc1. The number of hydrogen-bond acceptors (Lipinski definition) is 3. The molecule has 106 valence electrons. The highest BCUT2D eigenvalue weighted by Crippen LogP contribution is 2.31. The molecule has 4 rings (SSSR count). The molecule has 4 nitrogen and oxygen atoms in total. The predicted octanol–water partition coefficient (Wildman–Crippen LogP) is 3.71. The van der Waals surface area contributed by atoms with Crippen LogP contribution in [0.4, 0.5) is 0 Å². The van der Waals surface area contributed by atoms with Crippen molar-refractivity contribution in [3.63, 3.8) is 0 Å². The van der Waals surface area contributed by atoms with E-state index in [1.54, 1.807) is 0 Å². The monoisotopic (exact) mass is 299 g/mol. The van der Waals surface area contributed by atoms with Crippen molar-refractivity contribution in [2.75, 3.05) is 13.2 Å². The molecule has 1 atom stereocenters. The number of halogens is 1. The van der Waals surface area contributed by atoms with Crippen LogP contribution < -0.4 is 0 Å². The number of hydrogen-bond donors (Lipinski definition) is 0. The minimum atomic E-state index is 0.302. The van der Waals surface area contributed by atoms with E-state index in [4.69, 9.17) is 21.4 Å². The highest BCUT2D eigenvalue weighted by molar-refractivity contribution is 6.30. The topological polar surface area (TPSA) is 39.9 Å². The molecule has 1 aliphatic heterocycles. The van der Waals surface area contributed by atoms with Gasteiger partial charge in [-0.1, -0.05) is 23.7 Å². The van der Waals surface area contributed by atoms with Crippen LogP contribution in [0.25, 0.3) is 22.2 Å². The lowest BCUT2D eigenvalue weighted by Crippen LogP contribution is -2.10. The Morgan fingerprint density at radius 1 is 1.19 bits per heavy atom. The number of nitrogens with zero attached hydrogens (tertiary/aromatic N) is 3. The maximum atomic E-state index is 5.97. The lowest BCUT2D eigenvalue weighted by Gasteiger charge is -2.09. The van der Waals surface area contributed by atoms with Gasteiger partial charge in [0.25, 0.3) is 0 Å². The van der Waals surface area contributed by atoms with E-state index in [0.717, 1.165) is 46.8 Å². The lowest BCUT2D eigenvalue weighted by atomic mass is 10.1. The Bertz CT molecular complexity index is 776. The van der Waals surface area contributed by atoms with Crippen LogP contribution in [0.3, 0.4) is 0 Å². The zero-order chi connectivity index (χ0) is 14.2. The summed E-state index contributed by atoms with van der Waals surface area (Å²) in [5.41, 5.74) is 3.10. The first-order valence-corrected chi connectivity index (χ1v) is 7.36. The van der Waals surface area contributed by atoms with Crippen LogP contribution in [0.15, 0.2) is 42.7 Å². The fraction of sp³-hybridized carbons (Fsp3) is 0.250. The second-order valence-electron chi connectivity index (χ2n) is 5.21. The molecule has 5 heteroatoms. The molecule has 3 heterocycles. The summed E-state index contributed by atoms with van der Waals surface area (Å²) >= 11 is 5.97. The Morgan fingerprint density at radius 3 is 2.81 bits per heavy atom. The van der Waals surface area contributed by atoms with Gasteiger partial charge in [0, 0.05) is 35.0 Å². The van der Waals surface area contributed by atoms with Crippen molar-refractivity contribution >= 4 is 22.5 Å². The quantitative estimate of drug-likeness (QED) is 0.724. The van der Waals surface area contributed by atoms with Gasteiger partial charge in [0.05, 0.1) is 18.2 Å². The Morgan fingerprint density at radius 2 is 2.05 bits per heavy atom. The summed E-state index contributed by atoms with van der Waals surface area (Å²) in [6.07, 6.45) is 4.68. The van der Waals surface area contributed by atoms with Crippen molar-refractivity contribution in [2.45, 2.75) is 12.5 Å². The molecule has 0 unspecified atom stereocenters. The van der Waals surface area contributed by atoms with E-state index in [2.05, 4.69) is 9.67 Å². The summed E-state index contributed by atoms with van der Waals surface area (Å²) in [6.45, 7) is 1.52. The normalized spacial score (nSPS) is 18.4. The van der Waals surface area contributed by atoms with Gasteiger partial charge in [0.1, 0.15) is 5.69 Å². The summed E-state index contributed by atoms with van der Waals surface area (Å²) in [5.74, 6) is 0. The standard InChI is InChI=1S/C16H14ClN3O/c17-12-3-1-11(2-4-12)16-14-9-18-7-5-15(14)20(19-16)13-6-8-21-10-13/h1-5,7,9,13H,6,8,10H2/t13-/m1/s1. The van der Waals surface area contributed by atoms with E-state index < -0.39 is 0 Å². The number of ether oxygens (including phenoxy) is 1. The zero-order valence-electron chi connectivity index (χ0n) is 11.4. The van der Waals surface area contributed by atoms with Gasteiger partial charge in [0.15, 0.2) is 0 Å². The highest BCUT2D eigenvalue weighted by Gasteiger charge is 2.22. The molecule has 0 amide bonds. The number of aromatic nitrogens is 3. The zero-order valence-corrected chi connectivity index (χ0v) is 12.1. The fourth-order valence-electron chi connectivity index (χ4n) is 2.80. The average molecular weight is 300 g/mol. The van der Waals surface area contributed by atoms with Crippen molar-refractivity contribution in [2.24, 2.45) is 0 Å². The molecule has 0 saturated carbocycles. The highest BCUT2D eigenvalue weighted by atomic mass is 35.5. The van der Waals surface area contributed by atoms with Gasteiger partial charge in [-0.25, -0.2) is 0 Å². The molecule has 0 bridgehead atoms. The van der Waals surface area contributed by atoms with Crippen LogP contribution >= 0.6 is 11.6 Å². The van der Waals surface area contributed by atoms with E-state index in [0.29, 0.717) is 6.04 Å². The molecule has 1 aliphatic rings. The second kappa shape index (κ2) is 5.13. The van der Waals surface area contributed by atoms with Gasteiger partial charge < -0.3 is 4.74 Å².